The van der Waals surface area contributed by atoms with Crippen LogP contribution in [0.2, 0.25) is 0 Å². The van der Waals surface area contributed by atoms with Gasteiger partial charge < -0.3 is 0 Å². The van der Waals surface area contributed by atoms with Crippen molar-refractivity contribution in [3.05, 3.63) is 18.3 Å². The Morgan fingerprint density at radius 2 is 2.50 bits per heavy atom. The van der Waals surface area contributed by atoms with Gasteiger partial charge in [-0.2, -0.15) is 10.2 Å². The van der Waals surface area contributed by atoms with Crippen molar-refractivity contribution in [3.8, 4) is 0 Å². The van der Waals surface area contributed by atoms with Crippen LogP contribution in [0, 0.1) is 0 Å². The molecular formula is C6H5N3S. The van der Waals surface area contributed by atoms with E-state index in [0.717, 1.165) is 10.7 Å². The van der Waals surface area contributed by atoms with E-state index in [1.165, 1.54) is 0 Å². The van der Waals surface area contributed by atoms with E-state index in [9.17, 15) is 0 Å². The molecule has 0 saturated carbocycles. The van der Waals surface area contributed by atoms with Gasteiger partial charge in [-0.3, -0.25) is 0 Å². The Hall–Kier alpha value is -0.900. The zero-order valence-electron chi connectivity index (χ0n) is 5.19. The van der Waals surface area contributed by atoms with Gasteiger partial charge in [0.2, 0.25) is 0 Å². The third-order valence-electron chi connectivity index (χ3n) is 1.19. The number of fused-ring (bicyclic) bond motifs is 1. The molecule has 1 aromatic rings. The molecule has 0 radical (unpaired) electrons. The Balaban J connectivity index is 2.54. The van der Waals surface area contributed by atoms with Gasteiger partial charge in [0.15, 0.2) is 0 Å². The minimum absolute atomic E-state index is 0.698. The summed E-state index contributed by atoms with van der Waals surface area (Å²) in [5, 5.41) is 8.78. The smallest absolute Gasteiger partial charge is 0.125 e. The van der Waals surface area contributed by atoms with E-state index in [0.29, 0.717) is 5.88 Å². The summed E-state index contributed by atoms with van der Waals surface area (Å²) in [5.74, 6) is 0.698. The average Bonchev–Trinajstić information content (AvgIpc) is 2.05. The summed E-state index contributed by atoms with van der Waals surface area (Å²) in [6.07, 6.45) is 1.77. The number of rotatable bonds is 0. The van der Waals surface area contributed by atoms with Gasteiger partial charge >= 0.3 is 0 Å². The van der Waals surface area contributed by atoms with E-state index in [-0.39, 0.29) is 0 Å². The van der Waals surface area contributed by atoms with Crippen LogP contribution in [-0.2, 0) is 0 Å². The van der Waals surface area contributed by atoms with Crippen molar-refractivity contribution < 1.29 is 0 Å². The fourth-order valence-corrected chi connectivity index (χ4v) is 1.39. The highest BCUT2D eigenvalue weighted by molar-refractivity contribution is 7.99. The molecule has 1 aromatic heterocycles. The van der Waals surface area contributed by atoms with Crippen LogP contribution in [0.5, 0.6) is 0 Å². The molecule has 2 rings (SSSR count). The summed E-state index contributed by atoms with van der Waals surface area (Å²) in [5.41, 5.74) is 0.888. The molecule has 0 aromatic carbocycles. The van der Waals surface area contributed by atoms with Gasteiger partial charge in [0, 0.05) is 6.20 Å². The van der Waals surface area contributed by atoms with E-state index in [1.807, 2.05) is 12.1 Å². The molecule has 0 bridgehead atoms. The SMILES string of the molecule is c1cnc2c(c1)N=NCS2. The number of hydrogen-bond acceptors (Lipinski definition) is 4. The molecule has 10 heavy (non-hydrogen) atoms. The first-order chi connectivity index (χ1) is 4.97. The van der Waals surface area contributed by atoms with E-state index < -0.39 is 0 Å². The third kappa shape index (κ3) is 0.903. The summed E-state index contributed by atoms with van der Waals surface area (Å²) in [4.78, 5) is 4.13. The summed E-state index contributed by atoms with van der Waals surface area (Å²) in [7, 11) is 0. The zero-order valence-corrected chi connectivity index (χ0v) is 6.01. The van der Waals surface area contributed by atoms with Gasteiger partial charge in [-0.15, -0.1) is 0 Å². The summed E-state index contributed by atoms with van der Waals surface area (Å²) in [6.45, 7) is 0. The highest BCUT2D eigenvalue weighted by Gasteiger charge is 2.05. The maximum absolute atomic E-state index is 4.13. The molecule has 0 amide bonds. The molecule has 0 spiro atoms. The number of thioether (sulfide) groups is 1. The van der Waals surface area contributed by atoms with Crippen molar-refractivity contribution in [1.29, 1.82) is 0 Å². The van der Waals surface area contributed by atoms with Gasteiger partial charge in [0.25, 0.3) is 0 Å². The van der Waals surface area contributed by atoms with Crippen molar-refractivity contribution >= 4 is 17.4 Å². The van der Waals surface area contributed by atoms with Crippen molar-refractivity contribution in [3.63, 3.8) is 0 Å². The van der Waals surface area contributed by atoms with Crippen LogP contribution in [-0.4, -0.2) is 10.9 Å². The average molecular weight is 151 g/mol. The van der Waals surface area contributed by atoms with Crippen LogP contribution >= 0.6 is 11.8 Å². The second-order valence-corrected chi connectivity index (χ2v) is 2.78. The summed E-state index contributed by atoms with van der Waals surface area (Å²) < 4.78 is 0. The predicted octanol–water partition coefficient (Wildman–Crippen LogP) is 2.23. The van der Waals surface area contributed by atoms with Crippen LogP contribution in [0.25, 0.3) is 0 Å². The van der Waals surface area contributed by atoms with Gasteiger partial charge in [-0.1, -0.05) is 11.8 Å². The van der Waals surface area contributed by atoms with Gasteiger partial charge in [-0.05, 0) is 12.1 Å². The van der Waals surface area contributed by atoms with Crippen LogP contribution in [0.15, 0.2) is 33.6 Å². The lowest BCUT2D eigenvalue weighted by Gasteiger charge is -2.03. The number of azo groups is 1. The summed E-state index contributed by atoms with van der Waals surface area (Å²) in [6, 6.07) is 3.78. The Labute approximate surface area is 62.6 Å². The Bertz CT molecular complexity index is 271. The van der Waals surface area contributed by atoms with Crippen molar-refractivity contribution in [1.82, 2.24) is 4.98 Å². The quantitative estimate of drug-likeness (QED) is 0.570. The molecule has 0 fully saturated rings. The molecular weight excluding hydrogens is 146 g/mol. The van der Waals surface area contributed by atoms with E-state index in [1.54, 1.807) is 18.0 Å². The molecule has 4 heteroatoms. The Morgan fingerprint density at radius 1 is 1.50 bits per heavy atom. The van der Waals surface area contributed by atoms with E-state index in [2.05, 4.69) is 15.2 Å². The molecule has 2 heterocycles. The standard InChI is InChI=1S/C6H5N3S/c1-2-5-6(7-3-1)10-4-8-9-5/h1-3H,4H2. The van der Waals surface area contributed by atoms with E-state index in [4.69, 9.17) is 0 Å². The lowest BCUT2D eigenvalue weighted by atomic mass is 10.4. The highest BCUT2D eigenvalue weighted by atomic mass is 32.2. The lowest BCUT2D eigenvalue weighted by Crippen LogP contribution is -1.84. The predicted molar refractivity (Wildman–Crippen MR) is 39.5 cm³/mol. The van der Waals surface area contributed by atoms with Gasteiger partial charge in [0.05, 0.1) is 0 Å². The number of aromatic nitrogens is 1. The number of nitrogens with zero attached hydrogens (tertiary/aromatic N) is 3. The van der Waals surface area contributed by atoms with Crippen molar-refractivity contribution in [2.24, 2.45) is 10.2 Å². The maximum atomic E-state index is 4.13. The molecule has 0 unspecified atom stereocenters. The monoisotopic (exact) mass is 151 g/mol. The van der Waals surface area contributed by atoms with Crippen LogP contribution in [0.1, 0.15) is 0 Å². The first-order valence-electron chi connectivity index (χ1n) is 2.92. The second kappa shape index (κ2) is 2.38. The molecule has 0 saturated heterocycles. The highest BCUT2D eigenvalue weighted by Crippen LogP contribution is 2.30. The van der Waals surface area contributed by atoms with Gasteiger partial charge in [0.1, 0.15) is 16.6 Å². The molecule has 0 N–H and O–H groups in total. The fourth-order valence-electron chi connectivity index (χ4n) is 0.765. The van der Waals surface area contributed by atoms with Crippen molar-refractivity contribution in [2.45, 2.75) is 5.03 Å². The van der Waals surface area contributed by atoms with Crippen LogP contribution < -0.4 is 0 Å². The minimum atomic E-state index is 0.698. The fraction of sp³-hybridized carbons (Fsp3) is 0.167. The molecule has 1 aliphatic rings. The van der Waals surface area contributed by atoms with E-state index >= 15 is 0 Å². The largest absolute Gasteiger partial charge is 0.248 e. The van der Waals surface area contributed by atoms with Gasteiger partial charge in [-0.25, -0.2) is 4.98 Å². The lowest BCUT2D eigenvalue weighted by molar-refractivity contribution is 1.02. The number of pyridine rings is 1. The first-order valence-corrected chi connectivity index (χ1v) is 3.91. The minimum Gasteiger partial charge on any atom is -0.248 e. The van der Waals surface area contributed by atoms with Crippen LogP contribution in [0.4, 0.5) is 5.69 Å². The second-order valence-electron chi connectivity index (χ2n) is 1.84. The summed E-state index contributed by atoms with van der Waals surface area (Å²) >= 11 is 1.62. The number of hydrogen-bond donors (Lipinski definition) is 0. The first kappa shape index (κ1) is 5.85. The molecule has 1 aliphatic heterocycles. The molecule has 0 aliphatic carbocycles. The van der Waals surface area contributed by atoms with Crippen LogP contribution in [0.3, 0.4) is 0 Å². The third-order valence-corrected chi connectivity index (χ3v) is 2.02. The molecule has 50 valence electrons. The molecule has 3 nitrogen and oxygen atoms in total. The normalized spacial score (nSPS) is 14.8. The Morgan fingerprint density at radius 3 is 3.40 bits per heavy atom. The Kier molecular flexibility index (Phi) is 1.39. The molecule has 0 atom stereocenters. The zero-order chi connectivity index (χ0) is 6.81. The van der Waals surface area contributed by atoms with Crippen molar-refractivity contribution in [2.75, 3.05) is 5.88 Å². The maximum Gasteiger partial charge on any atom is 0.125 e. The topological polar surface area (TPSA) is 37.6 Å².